The molecule has 0 amide bonds. The molecule has 10 heteroatoms. The van der Waals surface area contributed by atoms with E-state index in [9.17, 15) is 4.57 Å². The number of pyridine rings is 1. The number of hydrogen-bond acceptors (Lipinski definition) is 5. The van der Waals surface area contributed by atoms with Crippen LogP contribution in [0.25, 0.3) is 0 Å². The summed E-state index contributed by atoms with van der Waals surface area (Å²) in [6.45, 7) is 19.4. The summed E-state index contributed by atoms with van der Waals surface area (Å²) in [4.78, 5) is 7.93. The number of rotatable bonds is 12. The minimum absolute atomic E-state index is 0. The van der Waals surface area contributed by atoms with Crippen molar-refractivity contribution in [3.8, 4) is 0 Å². The van der Waals surface area contributed by atoms with Crippen LogP contribution >= 0.6 is 7.60 Å². The van der Waals surface area contributed by atoms with Gasteiger partial charge in [0, 0.05) is 23.2 Å². The van der Waals surface area contributed by atoms with Crippen LogP contribution in [-0.4, -0.2) is 43.7 Å². The fourth-order valence-electron chi connectivity index (χ4n) is 4.31. The lowest BCUT2D eigenvalue weighted by atomic mass is 9.94. The van der Waals surface area contributed by atoms with E-state index < -0.39 is 24.3 Å². The van der Waals surface area contributed by atoms with E-state index in [0.717, 1.165) is 12.1 Å². The second-order valence-electron chi connectivity index (χ2n) is 11.9. The van der Waals surface area contributed by atoms with Crippen molar-refractivity contribution in [1.82, 2.24) is 5.06 Å². The molecule has 0 saturated carbocycles. The normalized spacial score (nSPS) is 14.1. The highest BCUT2D eigenvalue weighted by atomic mass is 79.9. The van der Waals surface area contributed by atoms with Gasteiger partial charge in [-0.1, -0.05) is 20.8 Å². The Balaban J connectivity index is 0.00000722. The highest BCUT2D eigenvalue weighted by Crippen LogP contribution is 2.61. The van der Waals surface area contributed by atoms with E-state index in [1.165, 1.54) is 16.2 Å². The van der Waals surface area contributed by atoms with E-state index in [1.54, 1.807) is 0 Å². The first-order chi connectivity index (χ1) is 17.1. The average Bonchev–Trinajstić information content (AvgIpc) is 2.78. The predicted molar refractivity (Wildman–Crippen MR) is 150 cm³/mol. The van der Waals surface area contributed by atoms with Crippen molar-refractivity contribution in [3.05, 3.63) is 59.9 Å². The van der Waals surface area contributed by atoms with Gasteiger partial charge >= 0.3 is 7.60 Å². The number of hydrogen-bond donors (Lipinski definition) is 1. The van der Waals surface area contributed by atoms with Gasteiger partial charge in [0.1, 0.15) is 17.6 Å². The summed E-state index contributed by atoms with van der Waals surface area (Å²) in [7, 11) is 0.742. The van der Waals surface area contributed by atoms with Crippen molar-refractivity contribution in [2.45, 2.75) is 86.3 Å². The molecule has 1 aromatic heterocycles. The maximum absolute atomic E-state index is 14.1. The van der Waals surface area contributed by atoms with E-state index in [4.69, 9.17) is 13.9 Å². The lowest BCUT2D eigenvalue weighted by Gasteiger charge is -2.48. The van der Waals surface area contributed by atoms with Crippen LogP contribution in [0.5, 0.6) is 0 Å². The van der Waals surface area contributed by atoms with Crippen molar-refractivity contribution in [2.24, 2.45) is 5.41 Å². The quantitative estimate of drug-likeness (QED) is 0.185. The second kappa shape index (κ2) is 16.1. The Kier molecular flexibility index (Phi) is 15.9. The predicted octanol–water partition coefficient (Wildman–Crippen LogP) is -0.462. The second-order valence-corrected chi connectivity index (χ2v) is 13.9. The van der Waals surface area contributed by atoms with Crippen LogP contribution in [0.4, 0.5) is 5.69 Å². The lowest BCUT2D eigenvalue weighted by molar-refractivity contribution is -0.786. The summed E-state index contributed by atoms with van der Waals surface area (Å²) < 4.78 is 27.9. The van der Waals surface area contributed by atoms with E-state index in [-0.39, 0.29) is 40.1 Å². The number of nitrogens with one attached hydrogen (secondary N) is 1. The molecular weight excluding hydrogens is 645 g/mol. The third kappa shape index (κ3) is 10.9. The maximum Gasteiger partial charge on any atom is 0.350 e. The number of hydroxylamine groups is 2. The van der Waals surface area contributed by atoms with Crippen LogP contribution in [0.2, 0.25) is 0 Å². The molecule has 0 bridgehead atoms. The first-order valence-electron chi connectivity index (χ1n) is 13.4. The van der Waals surface area contributed by atoms with E-state index in [0.29, 0.717) is 13.2 Å². The molecule has 0 aliphatic heterocycles. The van der Waals surface area contributed by atoms with Crippen molar-refractivity contribution in [2.75, 3.05) is 27.3 Å². The van der Waals surface area contributed by atoms with Gasteiger partial charge in [-0.25, -0.2) is 4.57 Å². The standard InChI is InChI=1S/C29H49N3O4P.2BrH/c1-12-34-37(33,35-13-2)27(28(4,5)6)32(29(7,8)9)36-23(3)25-18-20-31(21-19-25)22-24-14-16-26(17-15-24)30(10)11;;/h14-21,23,27H,12-13,22H2,1-11H3;2*1H/q+1;;/p-1. The fraction of sp³-hybridized carbons (Fsp3) is 0.621. The summed E-state index contributed by atoms with van der Waals surface area (Å²) in [6.07, 6.45) is 3.89. The molecule has 7 nitrogen and oxygen atoms in total. The molecule has 0 fully saturated rings. The number of quaternary nitrogens is 1. The third-order valence-corrected chi connectivity index (χ3v) is 8.95. The van der Waals surface area contributed by atoms with Crippen LogP contribution < -0.4 is 43.4 Å². The topological polar surface area (TPSA) is 56.3 Å². The molecule has 2 rings (SSSR count). The summed E-state index contributed by atoms with van der Waals surface area (Å²) in [5.74, 6) is -0.594. The van der Waals surface area contributed by atoms with Gasteiger partial charge in [-0.2, -0.15) is 5.06 Å². The largest absolute Gasteiger partial charge is 1.00 e. The summed E-state index contributed by atoms with van der Waals surface area (Å²) >= 11 is 0. The molecule has 0 aliphatic rings. The molecule has 2 atom stereocenters. The Bertz CT molecular complexity index is 1010. The number of aromatic nitrogens is 1. The lowest BCUT2D eigenvalue weighted by Crippen LogP contribution is -3.00. The van der Waals surface area contributed by atoms with Gasteiger partial charge in [-0.05, 0) is 76.8 Å². The minimum atomic E-state index is -3.51. The zero-order chi connectivity index (χ0) is 28.0. The van der Waals surface area contributed by atoms with Crippen molar-refractivity contribution in [3.63, 3.8) is 0 Å². The van der Waals surface area contributed by atoms with Crippen molar-refractivity contribution in [1.29, 1.82) is 0 Å². The van der Waals surface area contributed by atoms with E-state index in [1.807, 2.05) is 46.6 Å². The van der Waals surface area contributed by atoms with Gasteiger partial charge in [0.05, 0.1) is 27.3 Å². The monoisotopic (exact) mass is 693 g/mol. The number of halogens is 2. The van der Waals surface area contributed by atoms with Gasteiger partial charge in [0.25, 0.3) is 0 Å². The van der Waals surface area contributed by atoms with E-state index in [2.05, 4.69) is 88.2 Å². The SMILES string of the molecule is CCOP(=O)(OCC)C(N(OC(C)c1cc[n+](Cc2ccc([NH+](C)C)cc2)cc1)C(C)(C)C)C(C)(C)C.[Br-].[Br-]. The first kappa shape index (κ1) is 38.4. The highest BCUT2D eigenvalue weighted by molar-refractivity contribution is 7.54. The molecule has 0 saturated heterocycles. The molecular formula is C29H50Br2N3O4P. The molecule has 2 aromatic rings. The summed E-state index contributed by atoms with van der Waals surface area (Å²) in [5, 5.41) is 1.85. The summed E-state index contributed by atoms with van der Waals surface area (Å²) in [5.41, 5.74) is 2.67. The van der Waals surface area contributed by atoms with Gasteiger partial charge in [-0.15, -0.1) is 0 Å². The van der Waals surface area contributed by atoms with Crippen LogP contribution in [0.1, 0.15) is 79.5 Å². The van der Waals surface area contributed by atoms with Crippen molar-refractivity contribution < 1.29 is 61.9 Å². The van der Waals surface area contributed by atoms with Crippen LogP contribution in [0.3, 0.4) is 0 Å². The smallest absolute Gasteiger partial charge is 0.350 e. The Morgan fingerprint density at radius 3 is 1.77 bits per heavy atom. The Morgan fingerprint density at radius 1 is 0.897 bits per heavy atom. The molecule has 2 unspecified atom stereocenters. The molecule has 0 radical (unpaired) electrons. The van der Waals surface area contributed by atoms with Gasteiger partial charge in [0.2, 0.25) is 0 Å². The van der Waals surface area contributed by atoms with E-state index >= 15 is 0 Å². The Labute approximate surface area is 258 Å². The molecule has 0 aliphatic carbocycles. The molecule has 39 heavy (non-hydrogen) atoms. The zero-order valence-electron chi connectivity index (χ0n) is 25.6. The zero-order valence-corrected chi connectivity index (χ0v) is 29.7. The Morgan fingerprint density at radius 2 is 1.38 bits per heavy atom. The minimum Gasteiger partial charge on any atom is -1.00 e. The van der Waals surface area contributed by atoms with Gasteiger partial charge < -0.3 is 47.9 Å². The Hall–Kier alpha value is -0.640. The maximum atomic E-state index is 14.1. The van der Waals surface area contributed by atoms with Crippen LogP contribution in [0, 0.1) is 5.41 Å². The summed E-state index contributed by atoms with van der Waals surface area (Å²) in [6, 6.07) is 12.9. The van der Waals surface area contributed by atoms with Crippen LogP contribution in [0.15, 0.2) is 48.8 Å². The number of benzene rings is 1. The highest BCUT2D eigenvalue weighted by Gasteiger charge is 2.51. The van der Waals surface area contributed by atoms with Crippen molar-refractivity contribution >= 4 is 13.3 Å². The fourth-order valence-corrected chi connectivity index (χ4v) is 6.99. The average molecular weight is 696 g/mol. The first-order valence-corrected chi connectivity index (χ1v) is 15.0. The molecule has 1 heterocycles. The molecule has 1 N–H and O–H groups in total. The number of nitrogens with zero attached hydrogens (tertiary/aromatic N) is 2. The third-order valence-electron chi connectivity index (χ3n) is 6.13. The van der Waals surface area contributed by atoms with Gasteiger partial charge in [-0.3, -0.25) is 9.40 Å². The van der Waals surface area contributed by atoms with Gasteiger partial charge in [0.15, 0.2) is 18.9 Å². The molecule has 224 valence electrons. The van der Waals surface area contributed by atoms with Crippen LogP contribution in [-0.2, 0) is 25.0 Å². The molecule has 1 aromatic carbocycles. The molecule has 0 spiro atoms.